The monoisotopic (exact) mass is 348 g/mol. The van der Waals surface area contributed by atoms with Gasteiger partial charge < -0.3 is 4.74 Å². The van der Waals surface area contributed by atoms with Crippen LogP contribution in [0.3, 0.4) is 0 Å². The molecule has 0 atom stereocenters. The van der Waals surface area contributed by atoms with Crippen LogP contribution in [0.1, 0.15) is 15.9 Å². The van der Waals surface area contributed by atoms with Gasteiger partial charge in [-0.25, -0.2) is 0 Å². The minimum Gasteiger partial charge on any atom is -0.486 e. The van der Waals surface area contributed by atoms with Crippen molar-refractivity contribution in [2.75, 3.05) is 0 Å². The number of halogens is 4. The fraction of sp³-hybridized carbons (Fsp3) is 0.0714. The van der Waals surface area contributed by atoms with E-state index in [1.165, 1.54) is 12.1 Å². The van der Waals surface area contributed by atoms with Crippen LogP contribution in [0.2, 0.25) is 15.1 Å². The normalized spacial score (nSPS) is 10.4. The summed E-state index contributed by atoms with van der Waals surface area (Å²) < 4.78 is 5.57. The highest BCUT2D eigenvalue weighted by molar-refractivity contribution is 6.68. The van der Waals surface area contributed by atoms with Crippen LogP contribution >= 0.6 is 46.4 Å². The highest BCUT2D eigenvalue weighted by Gasteiger charge is 2.13. The third kappa shape index (κ3) is 3.58. The predicted molar refractivity (Wildman–Crippen MR) is 82.4 cm³/mol. The Kier molecular flexibility index (Phi) is 5.17. The Morgan fingerprint density at radius 2 is 1.60 bits per heavy atom. The van der Waals surface area contributed by atoms with Crippen LogP contribution < -0.4 is 4.74 Å². The number of benzene rings is 2. The lowest BCUT2D eigenvalue weighted by Gasteiger charge is -2.11. The summed E-state index contributed by atoms with van der Waals surface area (Å²) in [4.78, 5) is 11.1. The molecule has 0 aliphatic carbocycles. The average molecular weight is 350 g/mol. The van der Waals surface area contributed by atoms with Gasteiger partial charge in [0.15, 0.2) is 5.75 Å². The van der Waals surface area contributed by atoms with E-state index in [1.807, 2.05) is 18.2 Å². The van der Waals surface area contributed by atoms with Gasteiger partial charge in [-0.05, 0) is 29.8 Å². The fourth-order valence-electron chi connectivity index (χ4n) is 1.58. The standard InChI is InChI=1S/C14H8Cl4O2/c15-10-4-2-1-3-8(10)7-20-13-11(16)5-9(14(18)19)6-12(13)17/h1-6H,7H2. The van der Waals surface area contributed by atoms with E-state index in [0.717, 1.165) is 5.56 Å². The first-order valence-electron chi connectivity index (χ1n) is 5.54. The molecule has 0 N–H and O–H groups in total. The van der Waals surface area contributed by atoms with Crippen LogP contribution in [0.15, 0.2) is 36.4 Å². The largest absolute Gasteiger partial charge is 0.486 e. The number of hydrogen-bond acceptors (Lipinski definition) is 2. The minimum absolute atomic E-state index is 0.215. The van der Waals surface area contributed by atoms with E-state index in [0.29, 0.717) is 5.02 Å². The molecule has 0 bridgehead atoms. The molecule has 0 amide bonds. The summed E-state index contributed by atoms with van der Waals surface area (Å²) in [7, 11) is 0. The van der Waals surface area contributed by atoms with Gasteiger partial charge in [0.2, 0.25) is 0 Å². The summed E-state index contributed by atoms with van der Waals surface area (Å²) in [6.45, 7) is 0.216. The number of carbonyl (C=O) groups excluding carboxylic acids is 1. The van der Waals surface area contributed by atoms with E-state index in [9.17, 15) is 4.79 Å². The maximum atomic E-state index is 11.1. The molecule has 2 rings (SSSR count). The van der Waals surface area contributed by atoms with Crippen molar-refractivity contribution in [3.63, 3.8) is 0 Å². The summed E-state index contributed by atoms with van der Waals surface area (Å²) >= 11 is 23.5. The molecule has 0 aliphatic rings. The van der Waals surface area contributed by atoms with Crippen molar-refractivity contribution >= 4 is 51.6 Å². The molecule has 20 heavy (non-hydrogen) atoms. The van der Waals surface area contributed by atoms with Crippen LogP contribution in [0.5, 0.6) is 5.75 Å². The van der Waals surface area contributed by atoms with Gasteiger partial charge >= 0.3 is 0 Å². The first kappa shape index (κ1) is 15.5. The van der Waals surface area contributed by atoms with Crippen molar-refractivity contribution in [2.45, 2.75) is 6.61 Å². The third-order valence-electron chi connectivity index (χ3n) is 2.56. The van der Waals surface area contributed by atoms with E-state index in [4.69, 9.17) is 51.1 Å². The number of ether oxygens (including phenoxy) is 1. The quantitative estimate of drug-likeness (QED) is 0.671. The maximum Gasteiger partial charge on any atom is 0.252 e. The second kappa shape index (κ2) is 6.68. The van der Waals surface area contributed by atoms with Gasteiger partial charge in [-0.3, -0.25) is 4.79 Å². The molecule has 0 fully saturated rings. The second-order valence-electron chi connectivity index (χ2n) is 3.92. The smallest absolute Gasteiger partial charge is 0.252 e. The van der Waals surface area contributed by atoms with Gasteiger partial charge in [-0.15, -0.1) is 0 Å². The predicted octanol–water partition coefficient (Wildman–Crippen LogP) is 5.60. The minimum atomic E-state index is -0.633. The highest BCUT2D eigenvalue weighted by atomic mass is 35.5. The van der Waals surface area contributed by atoms with Crippen molar-refractivity contribution in [3.8, 4) is 5.75 Å². The average Bonchev–Trinajstić information content (AvgIpc) is 2.39. The molecule has 6 heteroatoms. The molecule has 2 aromatic rings. The molecule has 2 aromatic carbocycles. The van der Waals surface area contributed by atoms with Crippen LogP contribution in [-0.2, 0) is 6.61 Å². The molecule has 0 heterocycles. The molecule has 2 nitrogen and oxygen atoms in total. The molecule has 104 valence electrons. The molecule has 0 aliphatic heterocycles. The van der Waals surface area contributed by atoms with E-state index in [1.54, 1.807) is 6.07 Å². The Morgan fingerprint density at radius 1 is 1.00 bits per heavy atom. The van der Waals surface area contributed by atoms with E-state index >= 15 is 0 Å². The Hall–Kier alpha value is -0.930. The van der Waals surface area contributed by atoms with Gasteiger partial charge in [0.05, 0.1) is 10.0 Å². The van der Waals surface area contributed by atoms with Gasteiger partial charge in [0.1, 0.15) is 6.61 Å². The fourth-order valence-corrected chi connectivity index (χ4v) is 2.47. The zero-order chi connectivity index (χ0) is 14.7. The van der Waals surface area contributed by atoms with Gasteiger partial charge in [0.25, 0.3) is 5.24 Å². The summed E-state index contributed by atoms with van der Waals surface area (Å²) in [5, 5.41) is 0.390. The van der Waals surface area contributed by atoms with Gasteiger partial charge in [-0.2, -0.15) is 0 Å². The molecule has 0 spiro atoms. The van der Waals surface area contributed by atoms with E-state index in [2.05, 4.69) is 0 Å². The highest BCUT2D eigenvalue weighted by Crippen LogP contribution is 2.35. The van der Waals surface area contributed by atoms with E-state index in [-0.39, 0.29) is 28.0 Å². The zero-order valence-corrected chi connectivity index (χ0v) is 13.0. The Morgan fingerprint density at radius 3 is 2.15 bits per heavy atom. The number of carbonyl (C=O) groups is 1. The first-order valence-corrected chi connectivity index (χ1v) is 7.05. The van der Waals surface area contributed by atoms with Gasteiger partial charge in [0, 0.05) is 16.1 Å². The lowest BCUT2D eigenvalue weighted by atomic mass is 10.2. The SMILES string of the molecule is O=C(Cl)c1cc(Cl)c(OCc2ccccc2Cl)c(Cl)c1. The van der Waals surface area contributed by atoms with Crippen LogP contribution in [0, 0.1) is 0 Å². The Bertz CT molecular complexity index is 632. The van der Waals surface area contributed by atoms with Crippen LogP contribution in [0.4, 0.5) is 0 Å². The zero-order valence-electron chi connectivity index (χ0n) is 10.00. The van der Waals surface area contributed by atoms with Crippen molar-refractivity contribution in [1.29, 1.82) is 0 Å². The molecule has 0 unspecified atom stereocenters. The molecule has 0 aromatic heterocycles. The summed E-state index contributed by atoms with van der Waals surface area (Å²) in [5.74, 6) is 0.287. The van der Waals surface area contributed by atoms with Crippen molar-refractivity contribution in [2.24, 2.45) is 0 Å². The molecule has 0 radical (unpaired) electrons. The van der Waals surface area contributed by atoms with Crippen LogP contribution in [-0.4, -0.2) is 5.24 Å². The maximum absolute atomic E-state index is 11.1. The van der Waals surface area contributed by atoms with E-state index < -0.39 is 5.24 Å². The Balaban J connectivity index is 2.22. The van der Waals surface area contributed by atoms with Crippen molar-refractivity contribution < 1.29 is 9.53 Å². The summed E-state index contributed by atoms with van der Waals surface area (Å²) in [6, 6.07) is 10.1. The topological polar surface area (TPSA) is 26.3 Å². The summed E-state index contributed by atoms with van der Waals surface area (Å²) in [6.07, 6.45) is 0. The molecule has 0 saturated heterocycles. The Labute approximate surface area is 136 Å². The first-order chi connectivity index (χ1) is 9.49. The second-order valence-corrected chi connectivity index (χ2v) is 5.49. The number of rotatable bonds is 4. The molecule has 0 saturated carbocycles. The number of hydrogen-bond donors (Lipinski definition) is 0. The summed E-state index contributed by atoms with van der Waals surface area (Å²) in [5.41, 5.74) is 1.02. The van der Waals surface area contributed by atoms with Crippen LogP contribution in [0.25, 0.3) is 0 Å². The van der Waals surface area contributed by atoms with Gasteiger partial charge in [-0.1, -0.05) is 53.0 Å². The lowest BCUT2D eigenvalue weighted by molar-refractivity contribution is 0.108. The third-order valence-corrected chi connectivity index (χ3v) is 3.70. The van der Waals surface area contributed by atoms with Crippen molar-refractivity contribution in [1.82, 2.24) is 0 Å². The van der Waals surface area contributed by atoms with Crippen molar-refractivity contribution in [3.05, 3.63) is 62.6 Å². The molecular weight excluding hydrogens is 342 g/mol. The lowest BCUT2D eigenvalue weighted by Crippen LogP contribution is -1.99. The molecular formula is C14H8Cl4O2.